The average Bonchev–Trinajstić information content (AvgIpc) is 2.36. The molecule has 0 spiro atoms. The maximum atomic E-state index is 5.40. The molecule has 68 valence electrons. The van der Waals surface area contributed by atoms with E-state index in [-0.39, 0.29) is 6.10 Å². The Hall–Kier alpha value is -1.23. The number of nitrogen functional groups attached to an aromatic ring is 1. The van der Waals surface area contributed by atoms with Crippen molar-refractivity contribution in [3.05, 3.63) is 6.07 Å². The van der Waals surface area contributed by atoms with Gasteiger partial charge in [-0.15, -0.1) is 5.10 Å². The number of aromatic amines is 1. The third-order valence-electron chi connectivity index (χ3n) is 1.30. The number of methoxy groups -OCH3 is 1. The van der Waals surface area contributed by atoms with Crippen molar-refractivity contribution in [1.82, 2.24) is 10.2 Å². The van der Waals surface area contributed by atoms with Gasteiger partial charge in [0.2, 0.25) is 5.88 Å². The Kier molecular flexibility index (Phi) is 2.93. The molecule has 0 radical (unpaired) electrons. The molecule has 1 aromatic rings. The SMILES string of the molecule is COC[C@H](C)Oc1cc(N)[nH]n1. The molecule has 0 bridgehead atoms. The third kappa shape index (κ3) is 2.43. The van der Waals surface area contributed by atoms with E-state index in [9.17, 15) is 0 Å². The van der Waals surface area contributed by atoms with Gasteiger partial charge in [0.15, 0.2) is 0 Å². The Morgan fingerprint density at radius 2 is 2.50 bits per heavy atom. The highest BCUT2D eigenvalue weighted by Gasteiger charge is 2.05. The molecule has 0 saturated heterocycles. The quantitative estimate of drug-likeness (QED) is 0.688. The molecule has 5 nitrogen and oxygen atoms in total. The van der Waals surface area contributed by atoms with Crippen LogP contribution < -0.4 is 10.5 Å². The Bertz CT molecular complexity index is 236. The molecule has 0 aliphatic carbocycles. The lowest BCUT2D eigenvalue weighted by atomic mass is 10.4. The van der Waals surface area contributed by atoms with Crippen LogP contribution in [0.15, 0.2) is 6.07 Å². The number of nitrogens with two attached hydrogens (primary N) is 1. The Labute approximate surface area is 70.9 Å². The summed E-state index contributed by atoms with van der Waals surface area (Å²) in [6, 6.07) is 1.63. The third-order valence-corrected chi connectivity index (χ3v) is 1.30. The molecule has 5 heteroatoms. The summed E-state index contributed by atoms with van der Waals surface area (Å²) in [5, 5.41) is 6.39. The van der Waals surface area contributed by atoms with E-state index in [1.54, 1.807) is 13.2 Å². The second-order valence-corrected chi connectivity index (χ2v) is 2.55. The van der Waals surface area contributed by atoms with Crippen molar-refractivity contribution in [1.29, 1.82) is 0 Å². The summed E-state index contributed by atoms with van der Waals surface area (Å²) in [4.78, 5) is 0. The van der Waals surface area contributed by atoms with Gasteiger partial charge in [0.1, 0.15) is 11.9 Å². The Morgan fingerprint density at radius 3 is 3.00 bits per heavy atom. The number of H-pyrrole nitrogens is 1. The summed E-state index contributed by atoms with van der Waals surface area (Å²) < 4.78 is 10.2. The first kappa shape index (κ1) is 8.86. The highest BCUT2D eigenvalue weighted by atomic mass is 16.5. The van der Waals surface area contributed by atoms with Crippen LogP contribution in [0.2, 0.25) is 0 Å². The van der Waals surface area contributed by atoms with E-state index in [4.69, 9.17) is 15.2 Å². The van der Waals surface area contributed by atoms with E-state index in [0.29, 0.717) is 18.3 Å². The van der Waals surface area contributed by atoms with Gasteiger partial charge in [-0.05, 0) is 6.92 Å². The maximum absolute atomic E-state index is 5.40. The molecule has 0 saturated carbocycles. The first-order valence-electron chi connectivity index (χ1n) is 3.69. The van der Waals surface area contributed by atoms with Gasteiger partial charge in [0, 0.05) is 13.2 Å². The van der Waals surface area contributed by atoms with Crippen molar-refractivity contribution < 1.29 is 9.47 Å². The van der Waals surface area contributed by atoms with Crippen LogP contribution in [0.5, 0.6) is 5.88 Å². The van der Waals surface area contributed by atoms with Crippen LogP contribution in [-0.2, 0) is 4.74 Å². The highest BCUT2D eigenvalue weighted by molar-refractivity contribution is 5.31. The van der Waals surface area contributed by atoms with E-state index in [1.165, 1.54) is 0 Å². The molecule has 1 rings (SSSR count). The monoisotopic (exact) mass is 171 g/mol. The van der Waals surface area contributed by atoms with Crippen molar-refractivity contribution in [3.63, 3.8) is 0 Å². The molecule has 0 aromatic carbocycles. The summed E-state index contributed by atoms with van der Waals surface area (Å²) >= 11 is 0. The summed E-state index contributed by atoms with van der Waals surface area (Å²) in [5.74, 6) is 0.992. The van der Waals surface area contributed by atoms with Crippen LogP contribution in [-0.4, -0.2) is 30.0 Å². The first-order chi connectivity index (χ1) is 5.72. The fourth-order valence-corrected chi connectivity index (χ4v) is 0.852. The van der Waals surface area contributed by atoms with Gasteiger partial charge < -0.3 is 15.2 Å². The zero-order valence-electron chi connectivity index (χ0n) is 7.20. The minimum Gasteiger partial charge on any atom is -0.471 e. The fourth-order valence-electron chi connectivity index (χ4n) is 0.852. The average molecular weight is 171 g/mol. The number of ether oxygens (including phenoxy) is 2. The van der Waals surface area contributed by atoms with Gasteiger partial charge in [-0.2, -0.15) is 0 Å². The molecule has 12 heavy (non-hydrogen) atoms. The van der Waals surface area contributed by atoms with Gasteiger partial charge in [0.25, 0.3) is 0 Å². The molecule has 0 aliphatic heterocycles. The number of anilines is 1. The van der Waals surface area contributed by atoms with Crippen molar-refractivity contribution in [2.24, 2.45) is 0 Å². The lowest BCUT2D eigenvalue weighted by Crippen LogP contribution is -2.18. The van der Waals surface area contributed by atoms with Crippen LogP contribution >= 0.6 is 0 Å². The number of aromatic nitrogens is 2. The van der Waals surface area contributed by atoms with E-state index in [2.05, 4.69) is 10.2 Å². The lowest BCUT2D eigenvalue weighted by Gasteiger charge is -2.09. The molecule has 3 N–H and O–H groups in total. The summed E-state index contributed by atoms with van der Waals surface area (Å²) in [6.07, 6.45) is -0.0160. The number of nitrogens with one attached hydrogen (secondary N) is 1. The number of hydrogen-bond donors (Lipinski definition) is 2. The predicted molar refractivity (Wildman–Crippen MR) is 45.0 cm³/mol. The molecule has 1 aromatic heterocycles. The van der Waals surface area contributed by atoms with Crippen LogP contribution in [0.25, 0.3) is 0 Å². The van der Waals surface area contributed by atoms with Crippen LogP contribution in [0, 0.1) is 0 Å². The van der Waals surface area contributed by atoms with E-state index >= 15 is 0 Å². The van der Waals surface area contributed by atoms with Crippen molar-refractivity contribution in [2.75, 3.05) is 19.5 Å². The molecule has 0 amide bonds. The molecule has 1 heterocycles. The van der Waals surface area contributed by atoms with Crippen LogP contribution in [0.4, 0.5) is 5.82 Å². The molecular formula is C7H13N3O2. The van der Waals surface area contributed by atoms with Crippen molar-refractivity contribution in [2.45, 2.75) is 13.0 Å². The smallest absolute Gasteiger partial charge is 0.235 e. The summed E-state index contributed by atoms with van der Waals surface area (Å²) in [7, 11) is 1.62. The minimum atomic E-state index is -0.0160. The second-order valence-electron chi connectivity index (χ2n) is 2.55. The summed E-state index contributed by atoms with van der Waals surface area (Å²) in [5.41, 5.74) is 5.40. The number of rotatable bonds is 4. The van der Waals surface area contributed by atoms with Gasteiger partial charge >= 0.3 is 0 Å². The molecule has 1 atom stereocenters. The van der Waals surface area contributed by atoms with E-state index < -0.39 is 0 Å². The normalized spacial score (nSPS) is 12.8. The molecule has 0 aliphatic rings. The van der Waals surface area contributed by atoms with Crippen molar-refractivity contribution in [3.8, 4) is 5.88 Å². The zero-order chi connectivity index (χ0) is 8.97. The topological polar surface area (TPSA) is 73.2 Å². The summed E-state index contributed by atoms with van der Waals surface area (Å²) in [6.45, 7) is 2.43. The predicted octanol–water partition coefficient (Wildman–Crippen LogP) is 0.406. The Balaban J connectivity index is 2.41. The zero-order valence-corrected chi connectivity index (χ0v) is 7.20. The highest BCUT2D eigenvalue weighted by Crippen LogP contribution is 2.10. The van der Waals surface area contributed by atoms with Gasteiger partial charge in [-0.3, -0.25) is 5.10 Å². The van der Waals surface area contributed by atoms with Gasteiger partial charge in [0.05, 0.1) is 6.61 Å². The largest absolute Gasteiger partial charge is 0.471 e. The fraction of sp³-hybridized carbons (Fsp3) is 0.571. The number of hydrogen-bond acceptors (Lipinski definition) is 4. The molecular weight excluding hydrogens is 158 g/mol. The van der Waals surface area contributed by atoms with E-state index in [0.717, 1.165) is 0 Å². The molecule has 0 fully saturated rings. The van der Waals surface area contributed by atoms with Crippen LogP contribution in [0.1, 0.15) is 6.92 Å². The standard InChI is InChI=1S/C7H13N3O2/c1-5(4-11-2)12-7-3-6(8)9-10-7/h3,5H,4H2,1-2H3,(H3,8,9,10)/t5-/m0/s1. The van der Waals surface area contributed by atoms with Crippen LogP contribution in [0.3, 0.4) is 0 Å². The Morgan fingerprint density at radius 1 is 1.75 bits per heavy atom. The lowest BCUT2D eigenvalue weighted by molar-refractivity contribution is 0.0889. The maximum Gasteiger partial charge on any atom is 0.235 e. The first-order valence-corrected chi connectivity index (χ1v) is 3.69. The van der Waals surface area contributed by atoms with Gasteiger partial charge in [-0.1, -0.05) is 0 Å². The van der Waals surface area contributed by atoms with Gasteiger partial charge in [-0.25, -0.2) is 0 Å². The second kappa shape index (κ2) is 3.96. The number of nitrogens with zero attached hydrogens (tertiary/aromatic N) is 1. The molecule has 0 unspecified atom stereocenters. The van der Waals surface area contributed by atoms with E-state index in [1.807, 2.05) is 6.92 Å². The minimum absolute atomic E-state index is 0.0160. The van der Waals surface area contributed by atoms with Crippen molar-refractivity contribution >= 4 is 5.82 Å².